The van der Waals surface area contributed by atoms with Gasteiger partial charge >= 0.3 is 0 Å². The summed E-state index contributed by atoms with van der Waals surface area (Å²) in [4.78, 5) is 8.41. The van der Waals surface area contributed by atoms with Crippen molar-refractivity contribution in [2.24, 2.45) is 4.99 Å². The minimum Gasteiger partial charge on any atom is -0.490 e. The number of aromatic nitrogens is 1. The van der Waals surface area contributed by atoms with E-state index in [1.54, 1.807) is 18.2 Å². The molecule has 0 saturated heterocycles. The molecule has 2 aromatic carbocycles. The van der Waals surface area contributed by atoms with Gasteiger partial charge in [-0.25, -0.2) is 13.8 Å². The Balaban J connectivity index is 1.54. The Hall–Kier alpha value is -4.05. The summed E-state index contributed by atoms with van der Waals surface area (Å²) in [5.74, 6) is -0.758. The highest BCUT2D eigenvalue weighted by atomic mass is 19.2. The molecule has 3 aromatic rings. The van der Waals surface area contributed by atoms with Crippen molar-refractivity contribution in [3.05, 3.63) is 83.1 Å². The molecule has 0 aliphatic heterocycles. The summed E-state index contributed by atoms with van der Waals surface area (Å²) in [7, 11) is 0. The molecule has 0 unspecified atom stereocenters. The van der Waals surface area contributed by atoms with Crippen LogP contribution in [0.5, 0.6) is 5.75 Å². The first-order valence-electron chi connectivity index (χ1n) is 11.1. The van der Waals surface area contributed by atoms with Gasteiger partial charge in [0.1, 0.15) is 17.6 Å². The van der Waals surface area contributed by atoms with Crippen molar-refractivity contribution in [3.63, 3.8) is 0 Å². The molecule has 7 heteroatoms. The maximum absolute atomic E-state index is 13.9. The van der Waals surface area contributed by atoms with Crippen LogP contribution in [0.1, 0.15) is 42.4 Å². The molecule has 0 amide bonds. The highest BCUT2D eigenvalue weighted by Gasteiger charge is 2.18. The quantitative estimate of drug-likeness (QED) is 0.386. The number of aryl methyl sites for hydroxylation is 1. The van der Waals surface area contributed by atoms with E-state index in [1.165, 1.54) is 25.3 Å². The van der Waals surface area contributed by atoms with Gasteiger partial charge in [0.2, 0.25) is 0 Å². The average molecular weight is 459 g/mol. The number of allylic oxidation sites excluding steroid dienone is 1. The number of ether oxygens (including phenoxy) is 1. The van der Waals surface area contributed by atoms with Crippen molar-refractivity contribution in [1.29, 1.82) is 5.26 Å². The summed E-state index contributed by atoms with van der Waals surface area (Å²) in [5, 5.41) is 11.8. The fourth-order valence-corrected chi connectivity index (χ4v) is 3.83. The van der Waals surface area contributed by atoms with Gasteiger partial charge in [0.25, 0.3) is 0 Å². The molecule has 1 aliphatic carbocycles. The topological polar surface area (TPSA) is 70.3 Å². The van der Waals surface area contributed by atoms with Gasteiger partial charge in [0, 0.05) is 30.1 Å². The Morgan fingerprint density at radius 1 is 1.15 bits per heavy atom. The van der Waals surface area contributed by atoms with Crippen LogP contribution in [0, 0.1) is 29.9 Å². The largest absolute Gasteiger partial charge is 0.490 e. The summed E-state index contributed by atoms with van der Waals surface area (Å²) in [6.07, 6.45) is 11.3. The first-order valence-corrected chi connectivity index (χ1v) is 11.1. The molecular weight excluding hydrogens is 434 g/mol. The summed E-state index contributed by atoms with van der Waals surface area (Å²) < 4.78 is 34.0. The van der Waals surface area contributed by atoms with Crippen LogP contribution in [0.4, 0.5) is 26.0 Å². The number of hydrogen-bond donors (Lipinski definition) is 1. The monoisotopic (exact) mass is 458 g/mol. The lowest BCUT2D eigenvalue weighted by atomic mass is 10.1. The smallest absolute Gasteiger partial charge is 0.161 e. The fraction of sp³-hybridized carbons (Fsp3) is 0.222. The molecule has 1 fully saturated rings. The zero-order valence-corrected chi connectivity index (χ0v) is 18.8. The Morgan fingerprint density at radius 3 is 2.68 bits per heavy atom. The maximum Gasteiger partial charge on any atom is 0.161 e. The highest BCUT2D eigenvalue weighted by molar-refractivity contribution is 5.84. The van der Waals surface area contributed by atoms with Gasteiger partial charge in [-0.1, -0.05) is 18.2 Å². The Kier molecular flexibility index (Phi) is 7.28. The SMILES string of the molecule is Cc1cccc(C=CC=Nc2cc(F)c(F)cc2Nc2ccc(C#N)cn2)c1OC1CCCC1. The molecule has 0 atom stereocenters. The van der Waals surface area contributed by atoms with Gasteiger partial charge in [-0.2, -0.15) is 5.26 Å². The zero-order valence-electron chi connectivity index (χ0n) is 18.8. The van der Waals surface area contributed by atoms with Crippen molar-refractivity contribution < 1.29 is 13.5 Å². The third-order valence-corrected chi connectivity index (χ3v) is 5.60. The summed E-state index contributed by atoms with van der Waals surface area (Å²) in [5.41, 5.74) is 2.85. The van der Waals surface area contributed by atoms with E-state index in [2.05, 4.69) is 15.3 Å². The molecule has 1 aliphatic rings. The zero-order chi connectivity index (χ0) is 23.9. The van der Waals surface area contributed by atoms with Gasteiger partial charge in [-0.05, 0) is 62.5 Å². The number of hydrogen-bond acceptors (Lipinski definition) is 5. The van der Waals surface area contributed by atoms with E-state index in [1.807, 2.05) is 37.3 Å². The maximum atomic E-state index is 13.9. The Bertz CT molecular complexity index is 1260. The number of pyridine rings is 1. The van der Waals surface area contributed by atoms with Gasteiger partial charge in [-0.15, -0.1) is 0 Å². The van der Waals surface area contributed by atoms with Crippen LogP contribution >= 0.6 is 0 Å². The van der Waals surface area contributed by atoms with Gasteiger partial charge in [0.05, 0.1) is 23.0 Å². The third-order valence-electron chi connectivity index (χ3n) is 5.60. The van der Waals surface area contributed by atoms with Crippen molar-refractivity contribution in [3.8, 4) is 11.8 Å². The highest BCUT2D eigenvalue weighted by Crippen LogP contribution is 2.31. The third kappa shape index (κ3) is 5.65. The van der Waals surface area contributed by atoms with E-state index < -0.39 is 11.6 Å². The molecule has 1 N–H and O–H groups in total. The second kappa shape index (κ2) is 10.7. The van der Waals surface area contributed by atoms with E-state index in [-0.39, 0.29) is 17.5 Å². The van der Waals surface area contributed by atoms with Crippen LogP contribution in [-0.4, -0.2) is 17.3 Å². The van der Waals surface area contributed by atoms with Crippen molar-refractivity contribution in [1.82, 2.24) is 4.98 Å². The van der Waals surface area contributed by atoms with Gasteiger partial charge in [0.15, 0.2) is 11.6 Å². The number of aliphatic imine (C=N–C) groups is 1. The number of nitriles is 1. The van der Waals surface area contributed by atoms with Crippen LogP contribution in [0.25, 0.3) is 6.08 Å². The molecule has 0 bridgehead atoms. The predicted molar refractivity (Wildman–Crippen MR) is 130 cm³/mol. The molecule has 0 radical (unpaired) electrons. The molecule has 4 rings (SSSR count). The molecule has 34 heavy (non-hydrogen) atoms. The molecule has 0 spiro atoms. The summed E-state index contributed by atoms with van der Waals surface area (Å²) >= 11 is 0. The number of benzene rings is 2. The van der Waals surface area contributed by atoms with Crippen molar-refractivity contribution in [2.45, 2.75) is 38.7 Å². The Labute approximate surface area is 197 Å². The molecule has 5 nitrogen and oxygen atoms in total. The van der Waals surface area contributed by atoms with Crippen LogP contribution in [-0.2, 0) is 0 Å². The molecular formula is C27H24F2N4O. The number of rotatable bonds is 7. The lowest BCUT2D eigenvalue weighted by Gasteiger charge is -2.17. The van der Waals surface area contributed by atoms with Gasteiger partial charge in [-0.3, -0.25) is 4.99 Å². The number of para-hydroxylation sites is 1. The fourth-order valence-electron chi connectivity index (χ4n) is 3.83. The summed E-state index contributed by atoms with van der Waals surface area (Å²) in [6, 6.07) is 13.1. The second-order valence-corrected chi connectivity index (χ2v) is 8.11. The van der Waals surface area contributed by atoms with E-state index in [4.69, 9.17) is 10.00 Å². The van der Waals surface area contributed by atoms with Crippen LogP contribution in [0.15, 0.2) is 59.7 Å². The molecule has 172 valence electrons. The van der Waals surface area contributed by atoms with Crippen molar-refractivity contribution in [2.75, 3.05) is 5.32 Å². The van der Waals surface area contributed by atoms with Crippen LogP contribution in [0.3, 0.4) is 0 Å². The molecule has 1 heterocycles. The predicted octanol–water partition coefficient (Wildman–Crippen LogP) is 7.02. The lowest BCUT2D eigenvalue weighted by molar-refractivity contribution is 0.208. The van der Waals surface area contributed by atoms with E-state index in [9.17, 15) is 8.78 Å². The molecule has 1 aromatic heterocycles. The average Bonchev–Trinajstić information content (AvgIpc) is 3.35. The molecule has 1 saturated carbocycles. The van der Waals surface area contributed by atoms with E-state index >= 15 is 0 Å². The van der Waals surface area contributed by atoms with Crippen LogP contribution < -0.4 is 10.1 Å². The van der Waals surface area contributed by atoms with E-state index in [0.29, 0.717) is 11.4 Å². The number of halogens is 2. The minimum atomic E-state index is -1.00. The first kappa shape index (κ1) is 23.1. The minimum absolute atomic E-state index is 0.210. The summed E-state index contributed by atoms with van der Waals surface area (Å²) in [6.45, 7) is 2.02. The lowest BCUT2D eigenvalue weighted by Crippen LogP contribution is -2.12. The second-order valence-electron chi connectivity index (χ2n) is 8.11. The van der Waals surface area contributed by atoms with Gasteiger partial charge < -0.3 is 10.1 Å². The Morgan fingerprint density at radius 2 is 1.94 bits per heavy atom. The number of nitrogens with zero attached hydrogens (tertiary/aromatic N) is 3. The normalized spacial score (nSPS) is 14.1. The standard InChI is InChI=1S/C27H24F2N4O/c1-18-6-4-7-20(27(18)34-21-9-2-3-10-21)8-5-13-31-24-14-22(28)23(29)15-25(24)33-26-12-11-19(16-30)17-32-26/h4-8,11-15,17,21H,2-3,9-10H2,1H3,(H,32,33). The number of anilines is 2. The van der Waals surface area contributed by atoms with Crippen LogP contribution in [0.2, 0.25) is 0 Å². The van der Waals surface area contributed by atoms with Crippen molar-refractivity contribution >= 4 is 29.5 Å². The van der Waals surface area contributed by atoms with E-state index in [0.717, 1.165) is 41.9 Å². The first-order chi connectivity index (χ1) is 16.5. The number of nitrogens with one attached hydrogen (secondary N) is 1.